The zero-order valence-corrected chi connectivity index (χ0v) is 46.1. The van der Waals surface area contributed by atoms with Crippen LogP contribution < -0.4 is 77.7 Å². The molecule has 0 aliphatic rings. The van der Waals surface area contributed by atoms with Crippen LogP contribution in [-0.4, -0.2) is 81.6 Å². The van der Waals surface area contributed by atoms with Gasteiger partial charge in [0.25, 0.3) is 5.91 Å². The molecule has 362 valence electrons. The fourth-order valence-corrected chi connectivity index (χ4v) is 7.53. The van der Waals surface area contributed by atoms with Crippen LogP contribution in [0.4, 0.5) is 38.0 Å². The third kappa shape index (κ3) is 19.3. The largest absolute Gasteiger partial charge is 1.00 e. The molecule has 2 aromatic carbocycles. The van der Waals surface area contributed by atoms with Gasteiger partial charge in [-0.3, -0.25) is 19.8 Å². The van der Waals surface area contributed by atoms with Gasteiger partial charge in [0.05, 0.1) is 25.8 Å². The number of rotatable bonds is 12. The first-order chi connectivity index (χ1) is 34.8. The maximum absolute atomic E-state index is 11.5. The van der Waals surface area contributed by atoms with Crippen molar-refractivity contribution in [2.75, 3.05) is 28.0 Å². The molecule has 0 aliphatic carbocycles. The van der Waals surface area contributed by atoms with Gasteiger partial charge in [0, 0.05) is 76.5 Å². The molecule has 0 spiro atoms. The molecule has 0 bridgehead atoms. The Bertz CT molecular complexity index is 2860. The van der Waals surface area contributed by atoms with Crippen molar-refractivity contribution < 1.29 is 72.3 Å². The van der Waals surface area contributed by atoms with E-state index in [0.717, 1.165) is 48.6 Å². The predicted octanol–water partition coefficient (Wildman–Crippen LogP) is 6.21. The monoisotopic (exact) mass is 1130 g/mol. The summed E-state index contributed by atoms with van der Waals surface area (Å²) < 4.78 is 21.2. The minimum Gasteiger partial charge on any atom is -1.00 e. The third-order valence-corrected chi connectivity index (χ3v) is 11.6. The third-order valence-electron chi connectivity index (χ3n) is 8.66. The van der Waals surface area contributed by atoms with Crippen LogP contribution in [0.3, 0.4) is 0 Å². The van der Waals surface area contributed by atoms with Crippen LogP contribution in [0.2, 0.25) is 0 Å². The molecule has 10 aromatic rings. The number of halogens is 1. The molecule has 0 saturated heterocycles. The summed E-state index contributed by atoms with van der Waals surface area (Å²) in [4.78, 5) is 59.6. The molecule has 0 aliphatic heterocycles. The number of nitrogens with one attached hydrogen (secondary N) is 2. The minimum atomic E-state index is -0.540. The van der Waals surface area contributed by atoms with Gasteiger partial charge in [0.15, 0.2) is 5.13 Å². The van der Waals surface area contributed by atoms with Crippen LogP contribution in [0.5, 0.6) is 0 Å². The number of hydroxylamine groups is 1. The molecular formula is C45H41BrKN17O4S4. The predicted molar refractivity (Wildman–Crippen MR) is 278 cm³/mol. The van der Waals surface area contributed by atoms with Gasteiger partial charge in [-0.25, -0.2) is 50.1 Å². The number of nitrogens with two attached hydrogens (primary N) is 1. The number of hydrogen-bond donors (Lipinski definition) is 4. The van der Waals surface area contributed by atoms with E-state index in [9.17, 15) is 9.59 Å². The number of amides is 1. The number of ether oxygens (including phenoxy) is 1. The molecule has 8 aromatic heterocycles. The van der Waals surface area contributed by atoms with E-state index in [1.807, 2.05) is 107 Å². The summed E-state index contributed by atoms with van der Waals surface area (Å²) >= 11 is 8.29. The average molecular weight is 1130 g/mol. The topological polar surface area (TPSA) is 275 Å². The van der Waals surface area contributed by atoms with Gasteiger partial charge in [0.2, 0.25) is 15.4 Å². The molecule has 27 heteroatoms. The average Bonchev–Trinajstić information content (AvgIpc) is 4.31. The van der Waals surface area contributed by atoms with Gasteiger partial charge in [-0.1, -0.05) is 48.5 Å². The summed E-state index contributed by atoms with van der Waals surface area (Å²) in [5, 5.41) is 14.4. The van der Waals surface area contributed by atoms with E-state index in [-0.39, 0.29) is 58.8 Å². The Morgan fingerprint density at radius 3 is 1.44 bits per heavy atom. The molecule has 0 saturated carbocycles. The fraction of sp³-hybridized carbons (Fsp3) is 0.0667. The van der Waals surface area contributed by atoms with E-state index in [4.69, 9.17) is 15.7 Å². The number of methoxy groups -OCH3 is 1. The molecule has 8 heterocycles. The quantitative estimate of drug-likeness (QED) is 0.0348. The molecule has 1 amide bonds. The Morgan fingerprint density at radius 2 is 1.08 bits per heavy atom. The van der Waals surface area contributed by atoms with Gasteiger partial charge in [0.1, 0.15) is 47.4 Å². The van der Waals surface area contributed by atoms with Crippen molar-refractivity contribution in [1.82, 2.24) is 62.8 Å². The van der Waals surface area contributed by atoms with E-state index in [2.05, 4.69) is 78.6 Å². The van der Waals surface area contributed by atoms with Crippen LogP contribution in [0.25, 0.3) is 0 Å². The molecule has 0 unspecified atom stereocenters. The SMILES string of the molecule is Brc1ccccn1.COC(=O)c1ccc(CN(c2ccccn2)c2ncns2)cc1.Nc1ncns1.O=C(NO)c1ccc(CN(c2ccccn2)c2ncns2)cc1.[H-].[K+].c1ccc(Nc2ncns2)nc1. The Kier molecular flexibility index (Phi) is 24.9. The van der Waals surface area contributed by atoms with E-state index >= 15 is 0 Å². The first kappa shape index (κ1) is 56.4. The van der Waals surface area contributed by atoms with Crippen LogP contribution >= 0.6 is 62.1 Å². The van der Waals surface area contributed by atoms with Crippen molar-refractivity contribution in [1.29, 1.82) is 0 Å². The second-order valence-corrected chi connectivity index (χ2v) is 17.3. The Morgan fingerprint density at radius 1 is 0.597 bits per heavy atom. The van der Waals surface area contributed by atoms with Crippen molar-refractivity contribution in [2.45, 2.75) is 13.1 Å². The minimum absolute atomic E-state index is 0. The van der Waals surface area contributed by atoms with Crippen molar-refractivity contribution in [3.8, 4) is 0 Å². The maximum Gasteiger partial charge on any atom is 1.00 e. The van der Waals surface area contributed by atoms with Crippen LogP contribution in [-0.2, 0) is 17.8 Å². The van der Waals surface area contributed by atoms with Crippen LogP contribution in [0.15, 0.2) is 176 Å². The molecule has 21 nitrogen and oxygen atoms in total. The first-order valence-electron chi connectivity index (χ1n) is 20.4. The van der Waals surface area contributed by atoms with Crippen LogP contribution in [0, 0.1) is 0 Å². The summed E-state index contributed by atoms with van der Waals surface area (Å²) in [7, 11) is 1.37. The maximum atomic E-state index is 11.5. The molecule has 0 atom stereocenters. The number of carbonyl (C=O) groups excluding carboxylic acids is 2. The number of aromatic nitrogens is 12. The summed E-state index contributed by atoms with van der Waals surface area (Å²) in [6, 6.07) is 36.9. The van der Waals surface area contributed by atoms with Crippen molar-refractivity contribution >= 4 is 112 Å². The Hall–Kier alpha value is -6.50. The Labute approximate surface area is 481 Å². The van der Waals surface area contributed by atoms with Gasteiger partial charge < -0.3 is 17.2 Å². The van der Waals surface area contributed by atoms with Crippen molar-refractivity contribution in [3.05, 3.63) is 198 Å². The first-order valence-corrected chi connectivity index (χ1v) is 24.3. The molecule has 10 rings (SSSR count). The summed E-state index contributed by atoms with van der Waals surface area (Å²) in [6.07, 6.45) is 12.9. The van der Waals surface area contributed by atoms with Gasteiger partial charge in [-0.05, 0) is 99.9 Å². The summed E-state index contributed by atoms with van der Waals surface area (Å²) in [6.45, 7) is 1.11. The fourth-order valence-electron chi connectivity index (χ4n) is 5.45. The van der Waals surface area contributed by atoms with Crippen LogP contribution in [0.1, 0.15) is 33.3 Å². The van der Waals surface area contributed by atoms with E-state index in [1.54, 1.807) is 54.5 Å². The summed E-state index contributed by atoms with van der Waals surface area (Å²) in [5.74, 6) is 1.46. The smallest absolute Gasteiger partial charge is 1.00 e. The number of nitrogens with zero attached hydrogens (tertiary/aromatic N) is 14. The number of hydrogen-bond acceptors (Lipinski definition) is 24. The molecule has 0 radical (unpaired) electrons. The van der Waals surface area contributed by atoms with Gasteiger partial charge in [-0.15, -0.1) is 0 Å². The standard InChI is InChI=1S/C16H14N4O2S.C15H13N5O2S.C7H6N4S.C5H4BrN.C2H3N3S.K.H/c1-22-15(21)13-7-5-12(6-8-13)10-20(16-18-11-19-23-16)14-4-2-3-9-17-14;21-14(19-22)12-6-4-11(5-7-12)9-20(15-17-10-18-23-15)13-3-1-2-8-16-13;1-2-4-8-6(3-1)11-7-9-5-10-12-7;6-5-3-1-2-4-7-5;3-2-4-1-5-6-2;;/h2-9,11H,10H2,1H3;1-8,10,22H,9H2,(H,19,21);1-5H,(H,8,9,10,11);1-4H;1H,(H2,3,4,5);;/q;;;;;+1;-1. The number of benzene rings is 2. The molecule has 5 N–H and O–H groups in total. The van der Waals surface area contributed by atoms with E-state index < -0.39 is 5.91 Å². The van der Waals surface area contributed by atoms with Crippen molar-refractivity contribution in [3.63, 3.8) is 0 Å². The van der Waals surface area contributed by atoms with E-state index in [1.165, 1.54) is 78.5 Å². The number of nitrogen functional groups attached to an aromatic ring is 1. The number of esters is 1. The molecule has 72 heavy (non-hydrogen) atoms. The Balaban J connectivity index is 0.000000214. The van der Waals surface area contributed by atoms with Crippen molar-refractivity contribution in [2.24, 2.45) is 0 Å². The number of carbonyl (C=O) groups is 2. The second-order valence-electron chi connectivity index (χ2n) is 13.3. The van der Waals surface area contributed by atoms with E-state index in [0.29, 0.717) is 29.3 Å². The normalized spacial score (nSPS) is 9.76. The molecular weight excluding hydrogens is 1090 g/mol. The van der Waals surface area contributed by atoms with Gasteiger partial charge in [-0.2, -0.15) is 17.5 Å². The second kappa shape index (κ2) is 31.8. The number of pyridine rings is 4. The van der Waals surface area contributed by atoms with Gasteiger partial charge >= 0.3 is 57.4 Å². The number of anilines is 7. The zero-order chi connectivity index (χ0) is 49.9. The summed E-state index contributed by atoms with van der Waals surface area (Å²) in [5.41, 5.74) is 9.65. The zero-order valence-electron chi connectivity index (χ0n) is 39.1. The molecule has 0 fully saturated rings.